The van der Waals surface area contributed by atoms with Gasteiger partial charge < -0.3 is 14.8 Å². The molecule has 0 amide bonds. The summed E-state index contributed by atoms with van der Waals surface area (Å²) in [5.74, 6) is 1.57. The quantitative estimate of drug-likeness (QED) is 0.864. The highest BCUT2D eigenvalue weighted by Crippen LogP contribution is 2.27. The lowest BCUT2D eigenvalue weighted by Crippen LogP contribution is -2.33. The van der Waals surface area contributed by atoms with Crippen LogP contribution in [0.15, 0.2) is 18.2 Å². The van der Waals surface area contributed by atoms with E-state index in [1.54, 1.807) is 14.2 Å². The molecule has 1 unspecified atom stereocenters. The van der Waals surface area contributed by atoms with Crippen LogP contribution in [0, 0.1) is 0 Å². The fraction of sp³-hybridized carbons (Fsp3) is 0.571. The van der Waals surface area contributed by atoms with Crippen molar-refractivity contribution in [3.05, 3.63) is 23.8 Å². The lowest BCUT2D eigenvalue weighted by atomic mass is 10.1. The van der Waals surface area contributed by atoms with E-state index >= 15 is 0 Å². The lowest BCUT2D eigenvalue weighted by Gasteiger charge is -2.17. The Balaban J connectivity index is 0.00000289. The zero-order valence-corrected chi connectivity index (χ0v) is 12.6. The first kappa shape index (κ1) is 17.1. The maximum absolute atomic E-state index is 5.29. The van der Waals surface area contributed by atoms with Gasteiger partial charge in [-0.3, -0.25) is 0 Å². The first-order valence-electron chi connectivity index (χ1n) is 6.03. The predicted molar refractivity (Wildman–Crippen MR) is 78.2 cm³/mol. The fourth-order valence-electron chi connectivity index (χ4n) is 1.99. The number of hydrogen-bond donors (Lipinski definition) is 1. The summed E-state index contributed by atoms with van der Waals surface area (Å²) in [6.07, 6.45) is 0.985. The average Bonchev–Trinajstić information content (AvgIpc) is 2.27. The summed E-state index contributed by atoms with van der Waals surface area (Å²) in [6, 6.07) is 7.03. The normalized spacial score (nSPS) is 11.9. The molecule has 0 saturated heterocycles. The van der Waals surface area contributed by atoms with Crippen molar-refractivity contribution in [3.8, 4) is 11.5 Å². The van der Waals surface area contributed by atoms with E-state index in [2.05, 4.69) is 32.2 Å². The number of methoxy groups -OCH3 is 2. The van der Waals surface area contributed by atoms with Gasteiger partial charge in [-0.1, -0.05) is 19.9 Å². The molecule has 1 N–H and O–H groups in total. The standard InChI is InChI=1S/C14H23NO2.ClH/c1-10(2)15-11(3)8-12-6-7-13(16-4)14(9-12)17-5;/h6-7,9-11,15H,8H2,1-5H3;1H. The molecule has 0 aliphatic carbocycles. The minimum atomic E-state index is 0. The largest absolute Gasteiger partial charge is 0.493 e. The monoisotopic (exact) mass is 273 g/mol. The van der Waals surface area contributed by atoms with Gasteiger partial charge >= 0.3 is 0 Å². The summed E-state index contributed by atoms with van der Waals surface area (Å²) in [4.78, 5) is 0. The van der Waals surface area contributed by atoms with E-state index in [0.29, 0.717) is 12.1 Å². The van der Waals surface area contributed by atoms with Crippen molar-refractivity contribution in [2.24, 2.45) is 0 Å². The minimum Gasteiger partial charge on any atom is -0.493 e. The van der Waals surface area contributed by atoms with E-state index in [1.165, 1.54) is 5.56 Å². The van der Waals surface area contributed by atoms with E-state index in [-0.39, 0.29) is 12.4 Å². The molecule has 0 aliphatic rings. The van der Waals surface area contributed by atoms with Crippen molar-refractivity contribution >= 4 is 12.4 Å². The third kappa shape index (κ3) is 5.15. The highest BCUT2D eigenvalue weighted by atomic mass is 35.5. The molecule has 18 heavy (non-hydrogen) atoms. The lowest BCUT2D eigenvalue weighted by molar-refractivity contribution is 0.354. The van der Waals surface area contributed by atoms with Crippen molar-refractivity contribution in [3.63, 3.8) is 0 Å². The molecule has 0 saturated carbocycles. The molecule has 0 radical (unpaired) electrons. The second-order valence-electron chi connectivity index (χ2n) is 4.62. The second-order valence-corrected chi connectivity index (χ2v) is 4.62. The molecule has 0 aliphatic heterocycles. The summed E-state index contributed by atoms with van der Waals surface area (Å²) >= 11 is 0. The maximum Gasteiger partial charge on any atom is 0.160 e. The Hall–Kier alpha value is -0.930. The number of rotatable bonds is 6. The van der Waals surface area contributed by atoms with Crippen LogP contribution in [0.2, 0.25) is 0 Å². The van der Waals surface area contributed by atoms with Gasteiger partial charge in [0.05, 0.1) is 14.2 Å². The van der Waals surface area contributed by atoms with Crippen LogP contribution in [0.4, 0.5) is 0 Å². The zero-order valence-electron chi connectivity index (χ0n) is 11.8. The zero-order chi connectivity index (χ0) is 12.8. The van der Waals surface area contributed by atoms with E-state index < -0.39 is 0 Å². The second kappa shape index (κ2) is 8.22. The van der Waals surface area contributed by atoms with Crippen molar-refractivity contribution in [2.45, 2.75) is 39.3 Å². The number of hydrogen-bond acceptors (Lipinski definition) is 3. The Bertz CT molecular complexity index is 356. The smallest absolute Gasteiger partial charge is 0.160 e. The van der Waals surface area contributed by atoms with Crippen LogP contribution in [0.1, 0.15) is 26.3 Å². The molecular weight excluding hydrogens is 250 g/mol. The molecule has 104 valence electrons. The van der Waals surface area contributed by atoms with Gasteiger partial charge in [0.1, 0.15) is 0 Å². The number of nitrogens with one attached hydrogen (secondary N) is 1. The Kier molecular flexibility index (Phi) is 7.80. The number of ether oxygens (including phenoxy) is 2. The van der Waals surface area contributed by atoms with Crippen LogP contribution in [0.25, 0.3) is 0 Å². The van der Waals surface area contributed by atoms with Crippen molar-refractivity contribution < 1.29 is 9.47 Å². The van der Waals surface area contributed by atoms with Gasteiger partial charge in [0.2, 0.25) is 0 Å². The molecule has 3 nitrogen and oxygen atoms in total. The Morgan fingerprint density at radius 2 is 1.67 bits per heavy atom. The van der Waals surface area contributed by atoms with Gasteiger partial charge in [0.25, 0.3) is 0 Å². The number of benzene rings is 1. The first-order chi connectivity index (χ1) is 8.06. The molecule has 0 aromatic heterocycles. The van der Waals surface area contributed by atoms with E-state index in [1.807, 2.05) is 12.1 Å². The predicted octanol–water partition coefficient (Wildman–Crippen LogP) is 3.05. The molecule has 0 spiro atoms. The highest BCUT2D eigenvalue weighted by Gasteiger charge is 2.08. The van der Waals surface area contributed by atoms with Crippen LogP contribution in [0.3, 0.4) is 0 Å². The summed E-state index contributed by atoms with van der Waals surface area (Å²) in [7, 11) is 3.32. The van der Waals surface area contributed by atoms with Gasteiger partial charge in [0, 0.05) is 12.1 Å². The van der Waals surface area contributed by atoms with Crippen LogP contribution in [0.5, 0.6) is 11.5 Å². The molecule has 1 rings (SSSR count). The van der Waals surface area contributed by atoms with Crippen molar-refractivity contribution in [1.82, 2.24) is 5.32 Å². The molecule has 1 atom stereocenters. The van der Waals surface area contributed by atoms with Gasteiger partial charge in [-0.25, -0.2) is 0 Å². The van der Waals surface area contributed by atoms with E-state index in [9.17, 15) is 0 Å². The van der Waals surface area contributed by atoms with Gasteiger partial charge in [-0.2, -0.15) is 0 Å². The molecule has 0 bridgehead atoms. The molecule has 1 aromatic rings. The third-order valence-electron chi connectivity index (χ3n) is 2.61. The summed E-state index contributed by atoms with van der Waals surface area (Å²) in [5.41, 5.74) is 1.25. The third-order valence-corrected chi connectivity index (χ3v) is 2.61. The van der Waals surface area contributed by atoms with Gasteiger partial charge in [-0.05, 0) is 31.0 Å². The Morgan fingerprint density at radius 3 is 2.17 bits per heavy atom. The molecular formula is C14H24ClNO2. The van der Waals surface area contributed by atoms with Crippen LogP contribution in [-0.4, -0.2) is 26.3 Å². The molecule has 0 heterocycles. The molecule has 0 fully saturated rings. The van der Waals surface area contributed by atoms with Crippen LogP contribution >= 0.6 is 12.4 Å². The average molecular weight is 274 g/mol. The van der Waals surface area contributed by atoms with Crippen LogP contribution in [-0.2, 0) is 6.42 Å². The molecule has 1 aromatic carbocycles. The topological polar surface area (TPSA) is 30.5 Å². The maximum atomic E-state index is 5.29. The fourth-order valence-corrected chi connectivity index (χ4v) is 1.99. The first-order valence-corrected chi connectivity index (χ1v) is 6.03. The summed E-state index contributed by atoms with van der Waals surface area (Å²) in [5, 5.41) is 3.49. The van der Waals surface area contributed by atoms with Crippen molar-refractivity contribution in [2.75, 3.05) is 14.2 Å². The van der Waals surface area contributed by atoms with Gasteiger partial charge in [0.15, 0.2) is 11.5 Å². The summed E-state index contributed by atoms with van der Waals surface area (Å²) < 4.78 is 10.5. The van der Waals surface area contributed by atoms with E-state index in [0.717, 1.165) is 17.9 Å². The van der Waals surface area contributed by atoms with Crippen LogP contribution < -0.4 is 14.8 Å². The van der Waals surface area contributed by atoms with Crippen molar-refractivity contribution in [1.29, 1.82) is 0 Å². The molecule has 4 heteroatoms. The highest BCUT2D eigenvalue weighted by molar-refractivity contribution is 5.85. The Labute approximate surface area is 116 Å². The Morgan fingerprint density at radius 1 is 1.06 bits per heavy atom. The SMILES string of the molecule is COc1ccc(CC(C)NC(C)C)cc1OC.Cl. The minimum absolute atomic E-state index is 0. The van der Waals surface area contributed by atoms with Gasteiger partial charge in [-0.15, -0.1) is 12.4 Å². The van der Waals surface area contributed by atoms with E-state index in [4.69, 9.17) is 9.47 Å². The summed E-state index contributed by atoms with van der Waals surface area (Å²) in [6.45, 7) is 6.51. The number of halogens is 1.